The van der Waals surface area contributed by atoms with Crippen LogP contribution in [0.1, 0.15) is 0 Å². The van der Waals surface area contributed by atoms with Crippen molar-refractivity contribution in [1.29, 1.82) is 5.41 Å². The molecule has 1 unspecified atom stereocenters. The fourth-order valence-electron chi connectivity index (χ4n) is 0.203. The summed E-state index contributed by atoms with van der Waals surface area (Å²) >= 11 is 5.21. The molecule has 8 heavy (non-hydrogen) atoms. The highest BCUT2D eigenvalue weighted by molar-refractivity contribution is 6.20. The van der Waals surface area contributed by atoms with Crippen LogP contribution in [0.15, 0.2) is 0 Å². The van der Waals surface area contributed by atoms with Crippen molar-refractivity contribution in [3.63, 3.8) is 0 Å². The topological polar surface area (TPSA) is 66.9 Å². The van der Waals surface area contributed by atoms with Gasteiger partial charge in [0.15, 0.2) is 0 Å². The van der Waals surface area contributed by atoms with E-state index in [1.807, 2.05) is 0 Å². The molecule has 4 heteroatoms. The van der Waals surface area contributed by atoms with E-state index in [1.54, 1.807) is 0 Å². The lowest BCUT2D eigenvalue weighted by molar-refractivity contribution is -0.119. The molecule has 0 aromatic carbocycles. The smallest absolute Gasteiger partial charge is 0.227 e. The van der Waals surface area contributed by atoms with Crippen LogP contribution in [-0.2, 0) is 4.79 Å². The van der Waals surface area contributed by atoms with E-state index >= 15 is 0 Å². The molecule has 0 aliphatic rings. The normalized spacial score (nSPS) is 12.6. The number of rotatable bonds is 3. The largest absolute Gasteiger partial charge is 0.369 e. The molecule has 3 nitrogen and oxygen atoms in total. The van der Waals surface area contributed by atoms with Gasteiger partial charge in [-0.05, 0) is 0 Å². The number of nitrogens with one attached hydrogen (secondary N) is 1. The molecule has 0 radical (unpaired) electrons. The van der Waals surface area contributed by atoms with E-state index in [0.29, 0.717) is 0 Å². The summed E-state index contributed by atoms with van der Waals surface area (Å²) in [5, 5.41) is 6.58. The molecule has 1 atom stereocenters. The van der Waals surface area contributed by atoms with Crippen molar-refractivity contribution in [3.05, 3.63) is 0 Å². The maximum atomic E-state index is 10.1. The van der Waals surface area contributed by atoms with Gasteiger partial charge < -0.3 is 11.1 Å². The Kier molecular flexibility index (Phi) is 3.19. The molecule has 0 aromatic rings. The number of halogens is 1. The number of hydrogen-bond donors (Lipinski definition) is 2. The SMILES string of the molecule is N=CC(CCl)C(N)=O. The number of hydrogen-bond acceptors (Lipinski definition) is 2. The lowest BCUT2D eigenvalue weighted by Crippen LogP contribution is -2.25. The van der Waals surface area contributed by atoms with Crippen LogP contribution in [0, 0.1) is 11.3 Å². The van der Waals surface area contributed by atoms with Gasteiger partial charge in [-0.1, -0.05) is 0 Å². The molecule has 1 amide bonds. The third kappa shape index (κ3) is 1.93. The van der Waals surface area contributed by atoms with Gasteiger partial charge in [-0.2, -0.15) is 0 Å². The second-order valence-electron chi connectivity index (χ2n) is 1.33. The number of amides is 1. The van der Waals surface area contributed by atoms with E-state index < -0.39 is 11.8 Å². The Balaban J connectivity index is 3.69. The summed E-state index contributed by atoms with van der Waals surface area (Å²) in [6, 6.07) is 0. The fourth-order valence-corrected chi connectivity index (χ4v) is 0.444. The lowest BCUT2D eigenvalue weighted by Gasteiger charge is -1.97. The van der Waals surface area contributed by atoms with Gasteiger partial charge in [0.05, 0.1) is 5.92 Å². The summed E-state index contributed by atoms with van der Waals surface area (Å²) < 4.78 is 0. The van der Waals surface area contributed by atoms with Gasteiger partial charge >= 0.3 is 0 Å². The fraction of sp³-hybridized carbons (Fsp3) is 0.500. The molecular formula is C4H7ClN2O. The first-order valence-electron chi connectivity index (χ1n) is 2.08. The van der Waals surface area contributed by atoms with Crippen molar-refractivity contribution >= 4 is 23.7 Å². The molecule has 0 saturated carbocycles. The van der Waals surface area contributed by atoms with Crippen molar-refractivity contribution in [3.8, 4) is 0 Å². The molecule has 0 spiro atoms. The Hall–Kier alpha value is -0.570. The van der Waals surface area contributed by atoms with Gasteiger partial charge in [0.1, 0.15) is 0 Å². The molecule has 46 valence electrons. The average Bonchev–Trinajstić information content (AvgIpc) is 1.69. The van der Waals surface area contributed by atoms with E-state index in [2.05, 4.69) is 0 Å². The Bertz CT molecular complexity index is 104. The zero-order chi connectivity index (χ0) is 6.57. The van der Waals surface area contributed by atoms with Crippen LogP contribution >= 0.6 is 11.6 Å². The van der Waals surface area contributed by atoms with Crippen LogP contribution in [-0.4, -0.2) is 18.0 Å². The monoisotopic (exact) mass is 134 g/mol. The van der Waals surface area contributed by atoms with Gasteiger partial charge in [0.2, 0.25) is 5.91 Å². The molecular weight excluding hydrogens is 128 g/mol. The zero-order valence-corrected chi connectivity index (χ0v) is 4.98. The highest BCUT2D eigenvalue weighted by Crippen LogP contribution is 1.92. The molecule has 3 N–H and O–H groups in total. The maximum absolute atomic E-state index is 10.1. The number of carbonyl (C=O) groups is 1. The molecule has 0 heterocycles. The summed E-state index contributed by atoms with van der Waals surface area (Å²) in [6.45, 7) is 0. The average molecular weight is 135 g/mol. The van der Waals surface area contributed by atoms with Crippen LogP contribution in [0.4, 0.5) is 0 Å². The van der Waals surface area contributed by atoms with E-state index in [9.17, 15) is 4.79 Å². The van der Waals surface area contributed by atoms with Crippen molar-refractivity contribution in [2.45, 2.75) is 0 Å². The number of primary amides is 1. The van der Waals surface area contributed by atoms with Crippen LogP contribution < -0.4 is 5.73 Å². The minimum absolute atomic E-state index is 0.0961. The Morgan fingerprint density at radius 1 is 2.00 bits per heavy atom. The summed E-state index contributed by atoms with van der Waals surface area (Å²) in [6.07, 6.45) is 0.940. The predicted molar refractivity (Wildman–Crippen MR) is 32.2 cm³/mol. The van der Waals surface area contributed by atoms with Gasteiger partial charge in [-0.25, -0.2) is 0 Å². The standard InChI is InChI=1S/C4H7ClN2O/c5-1-3(2-6)4(7)8/h2-3,6H,1H2,(H2,7,8). The first kappa shape index (κ1) is 7.43. The molecule has 0 rings (SSSR count). The van der Waals surface area contributed by atoms with Gasteiger partial charge in [0, 0.05) is 12.1 Å². The van der Waals surface area contributed by atoms with Crippen LogP contribution in [0.3, 0.4) is 0 Å². The van der Waals surface area contributed by atoms with Crippen LogP contribution in [0.2, 0.25) is 0 Å². The molecule has 0 bridgehead atoms. The van der Waals surface area contributed by atoms with Crippen molar-refractivity contribution < 1.29 is 4.79 Å². The molecule has 0 fully saturated rings. The van der Waals surface area contributed by atoms with E-state index in [1.165, 1.54) is 0 Å². The molecule has 0 aliphatic carbocycles. The molecule has 0 saturated heterocycles. The number of nitrogens with two attached hydrogens (primary N) is 1. The second-order valence-corrected chi connectivity index (χ2v) is 1.64. The van der Waals surface area contributed by atoms with E-state index in [4.69, 9.17) is 22.7 Å². The quantitative estimate of drug-likeness (QED) is 0.413. The second kappa shape index (κ2) is 3.43. The Morgan fingerprint density at radius 2 is 2.50 bits per heavy atom. The summed E-state index contributed by atoms with van der Waals surface area (Å²) in [4.78, 5) is 10.1. The minimum Gasteiger partial charge on any atom is -0.369 e. The van der Waals surface area contributed by atoms with Crippen LogP contribution in [0.25, 0.3) is 0 Å². The third-order valence-electron chi connectivity index (χ3n) is 0.733. The van der Waals surface area contributed by atoms with Gasteiger partial charge in [-0.15, -0.1) is 11.6 Å². The maximum Gasteiger partial charge on any atom is 0.227 e. The summed E-state index contributed by atoms with van der Waals surface area (Å²) in [5.74, 6) is -1.05. The van der Waals surface area contributed by atoms with Crippen molar-refractivity contribution in [2.24, 2.45) is 11.7 Å². The first-order chi connectivity index (χ1) is 3.72. The summed E-state index contributed by atoms with van der Waals surface area (Å²) in [5.41, 5.74) is 4.78. The van der Waals surface area contributed by atoms with E-state index in [0.717, 1.165) is 6.21 Å². The van der Waals surface area contributed by atoms with Gasteiger partial charge in [0.25, 0.3) is 0 Å². The number of alkyl halides is 1. The summed E-state index contributed by atoms with van der Waals surface area (Å²) in [7, 11) is 0. The van der Waals surface area contributed by atoms with Crippen molar-refractivity contribution in [1.82, 2.24) is 0 Å². The Morgan fingerprint density at radius 3 is 2.50 bits per heavy atom. The van der Waals surface area contributed by atoms with Crippen LogP contribution in [0.5, 0.6) is 0 Å². The van der Waals surface area contributed by atoms with E-state index in [-0.39, 0.29) is 5.88 Å². The first-order valence-corrected chi connectivity index (χ1v) is 2.61. The van der Waals surface area contributed by atoms with Crippen molar-refractivity contribution in [2.75, 3.05) is 5.88 Å². The Labute approximate surface area is 52.3 Å². The third-order valence-corrected chi connectivity index (χ3v) is 1.07. The predicted octanol–water partition coefficient (Wildman–Crippen LogP) is -0.0237. The lowest BCUT2D eigenvalue weighted by atomic mass is 10.2. The highest BCUT2D eigenvalue weighted by atomic mass is 35.5. The minimum atomic E-state index is -0.600. The number of carbonyl (C=O) groups excluding carboxylic acids is 1. The molecule has 0 aliphatic heterocycles. The van der Waals surface area contributed by atoms with Gasteiger partial charge in [-0.3, -0.25) is 4.79 Å². The zero-order valence-electron chi connectivity index (χ0n) is 4.23. The highest BCUT2D eigenvalue weighted by Gasteiger charge is 2.08. The molecule has 0 aromatic heterocycles.